The van der Waals surface area contributed by atoms with Crippen molar-refractivity contribution in [3.8, 4) is 22.9 Å². The molecule has 244 valence electrons. The van der Waals surface area contributed by atoms with E-state index < -0.39 is 43.7 Å². The average Bonchev–Trinajstić information content (AvgIpc) is 3.60. The van der Waals surface area contributed by atoms with Crippen LogP contribution in [0.1, 0.15) is 46.1 Å². The van der Waals surface area contributed by atoms with E-state index in [4.69, 9.17) is 14.5 Å². The number of halogens is 1. The van der Waals surface area contributed by atoms with E-state index in [9.17, 15) is 10.3 Å². The molecule has 0 bridgehead atoms. The van der Waals surface area contributed by atoms with E-state index in [0.717, 1.165) is 6.04 Å². The van der Waals surface area contributed by atoms with Crippen molar-refractivity contribution in [2.24, 2.45) is 5.11 Å². The number of alkyl carbamates (subject to hydrolysis) is 1. The molecule has 46 heavy (non-hydrogen) atoms. The first-order valence-electron chi connectivity index (χ1n) is 15.5. The highest BCUT2D eigenvalue weighted by molar-refractivity contribution is 6.76. The van der Waals surface area contributed by atoms with Crippen LogP contribution >= 0.6 is 0 Å². The lowest BCUT2D eigenvalue weighted by Gasteiger charge is -2.37. The number of benzene rings is 1. The summed E-state index contributed by atoms with van der Waals surface area (Å²) in [6.07, 6.45) is 4.50. The second kappa shape index (κ2) is 13.6. The molecule has 3 aromatic heterocycles. The second-order valence-corrected chi connectivity index (χ2v) is 19.4. The van der Waals surface area contributed by atoms with E-state index in [1.54, 1.807) is 56.2 Å². The second-order valence-electron chi connectivity index (χ2n) is 13.7. The van der Waals surface area contributed by atoms with Crippen LogP contribution in [0.2, 0.25) is 25.7 Å². The fourth-order valence-corrected chi connectivity index (χ4v) is 6.33. The molecule has 0 spiro atoms. The summed E-state index contributed by atoms with van der Waals surface area (Å²) in [6, 6.07) is 7.57. The van der Waals surface area contributed by atoms with Crippen LogP contribution in [0.4, 0.5) is 9.18 Å². The number of azide groups is 1. The maximum absolute atomic E-state index is 15.3. The van der Waals surface area contributed by atoms with Crippen LogP contribution in [0.25, 0.3) is 44.4 Å². The molecule has 4 aromatic rings. The molecule has 0 unspecified atom stereocenters. The molecule has 3 atom stereocenters. The molecule has 1 aromatic carbocycles. The van der Waals surface area contributed by atoms with Gasteiger partial charge in [0.25, 0.3) is 0 Å². The summed E-state index contributed by atoms with van der Waals surface area (Å²) in [5, 5.41) is 11.6. The summed E-state index contributed by atoms with van der Waals surface area (Å²) in [5.41, 5.74) is 10.9. The van der Waals surface area contributed by atoms with Crippen LogP contribution in [-0.2, 0) is 16.2 Å². The third-order valence-corrected chi connectivity index (χ3v) is 9.42. The Morgan fingerprint density at radius 2 is 2.00 bits per heavy atom. The van der Waals surface area contributed by atoms with E-state index in [0.29, 0.717) is 59.8 Å². The summed E-state index contributed by atoms with van der Waals surface area (Å²) in [7, 11) is -1.21. The Morgan fingerprint density at radius 1 is 1.22 bits per heavy atom. The number of nitrogens with zero attached hydrogens (tertiary/aromatic N) is 9. The normalized spacial score (nSPS) is 18.7. The highest BCUT2D eigenvalue weighted by Gasteiger charge is 2.38. The van der Waals surface area contributed by atoms with Gasteiger partial charge in [0.15, 0.2) is 5.82 Å². The summed E-state index contributed by atoms with van der Waals surface area (Å²) in [5.74, 6) is 0.319. The maximum Gasteiger partial charge on any atom is 0.407 e. The summed E-state index contributed by atoms with van der Waals surface area (Å²) in [6.45, 7) is 13.2. The summed E-state index contributed by atoms with van der Waals surface area (Å²) >= 11 is 0. The number of aromatic nitrogens is 6. The van der Waals surface area contributed by atoms with Gasteiger partial charge in [0.2, 0.25) is 0 Å². The van der Waals surface area contributed by atoms with Crippen molar-refractivity contribution in [3.05, 3.63) is 59.1 Å². The van der Waals surface area contributed by atoms with Crippen LogP contribution in [0, 0.1) is 5.82 Å². The standard InChI is InChI=1S/C31H41FN10O3Si/c1-31(2,3)45-30(43)37-22-12-9-13-25(27(22)38-40-33)42-26-16-23(28-35-18-41(39-28)19-44-14-15-46(4,5)6)34-17-24(26)36-29(42)20-10-7-8-11-21(20)32/h7-8,10-11,16-18,22,25,27H,9,12-15,19H2,1-6H3,(H,37,43)/t22-,25+,27+/m0/s1. The number of rotatable bonds is 10. The van der Waals surface area contributed by atoms with Crippen LogP contribution < -0.4 is 5.32 Å². The van der Waals surface area contributed by atoms with Gasteiger partial charge in [-0.05, 0) is 69.8 Å². The van der Waals surface area contributed by atoms with Crippen molar-refractivity contribution in [3.63, 3.8) is 0 Å². The molecule has 0 aliphatic heterocycles. The Kier molecular flexibility index (Phi) is 9.75. The number of nitrogens with one attached hydrogen (secondary N) is 1. The number of pyridine rings is 1. The zero-order chi connectivity index (χ0) is 33.1. The minimum absolute atomic E-state index is 0.275. The van der Waals surface area contributed by atoms with E-state index in [-0.39, 0.29) is 6.73 Å². The molecule has 1 fully saturated rings. The minimum atomic E-state index is -1.21. The molecule has 1 aliphatic rings. The minimum Gasteiger partial charge on any atom is -0.444 e. The van der Waals surface area contributed by atoms with E-state index in [1.807, 2.05) is 10.6 Å². The molecule has 1 N–H and O–H groups in total. The Morgan fingerprint density at radius 3 is 2.72 bits per heavy atom. The van der Waals surface area contributed by atoms with Gasteiger partial charge in [0, 0.05) is 31.7 Å². The lowest BCUT2D eigenvalue weighted by molar-refractivity contribution is 0.0476. The maximum atomic E-state index is 15.3. The molecular formula is C31H41FN10O3Si. The number of imidazole rings is 1. The van der Waals surface area contributed by atoms with Crippen LogP contribution in [0.15, 0.2) is 48.0 Å². The van der Waals surface area contributed by atoms with Crippen molar-refractivity contribution in [1.29, 1.82) is 0 Å². The molecule has 5 rings (SSSR count). The molecule has 1 amide bonds. The lowest BCUT2D eigenvalue weighted by atomic mass is 9.86. The van der Waals surface area contributed by atoms with Crippen molar-refractivity contribution >= 4 is 25.2 Å². The van der Waals surface area contributed by atoms with Gasteiger partial charge in [0.1, 0.15) is 41.5 Å². The monoisotopic (exact) mass is 648 g/mol. The first-order chi connectivity index (χ1) is 21.8. The van der Waals surface area contributed by atoms with E-state index in [2.05, 4.69) is 50.1 Å². The van der Waals surface area contributed by atoms with Gasteiger partial charge < -0.3 is 19.4 Å². The molecule has 0 saturated heterocycles. The highest BCUT2D eigenvalue weighted by Crippen LogP contribution is 2.39. The van der Waals surface area contributed by atoms with Crippen molar-refractivity contribution in [2.45, 2.75) is 96.2 Å². The van der Waals surface area contributed by atoms with Crippen LogP contribution in [0.3, 0.4) is 0 Å². The van der Waals surface area contributed by atoms with E-state index in [1.165, 1.54) is 6.07 Å². The van der Waals surface area contributed by atoms with Crippen LogP contribution in [-0.4, -0.2) is 67.8 Å². The predicted molar refractivity (Wildman–Crippen MR) is 175 cm³/mol. The first-order valence-corrected chi connectivity index (χ1v) is 19.2. The number of carbonyl (C=O) groups is 1. The number of carbonyl (C=O) groups excluding carboxylic acids is 1. The van der Waals surface area contributed by atoms with Gasteiger partial charge in [-0.15, -0.1) is 5.10 Å². The molecule has 15 heteroatoms. The van der Waals surface area contributed by atoms with Gasteiger partial charge in [-0.3, -0.25) is 4.98 Å². The Hall–Kier alpha value is -4.33. The van der Waals surface area contributed by atoms with Crippen molar-refractivity contribution < 1.29 is 18.7 Å². The highest BCUT2D eigenvalue weighted by atomic mass is 28.3. The Balaban J connectivity index is 1.54. The molecule has 0 radical (unpaired) electrons. The fraction of sp³-hybridized carbons (Fsp3) is 0.516. The third kappa shape index (κ3) is 7.90. The van der Waals surface area contributed by atoms with E-state index >= 15 is 4.39 Å². The zero-order valence-electron chi connectivity index (χ0n) is 27.1. The summed E-state index contributed by atoms with van der Waals surface area (Å²) < 4.78 is 30.1. The number of hydrogen-bond donors (Lipinski definition) is 1. The fourth-order valence-electron chi connectivity index (χ4n) is 5.57. The SMILES string of the molecule is CC(C)(C)OC(=O)N[C@H]1CCC[C@@H](n2c(-c3ccccc3F)nc3cnc(-c4ncn(COCC[Si](C)(C)C)n4)cc32)[C@@H]1N=[N+]=[N-]. The average molecular weight is 649 g/mol. The Bertz CT molecular complexity index is 1740. The molecule has 3 heterocycles. The molecular weight excluding hydrogens is 607 g/mol. The number of amides is 1. The smallest absolute Gasteiger partial charge is 0.407 e. The van der Waals surface area contributed by atoms with Gasteiger partial charge in [-0.1, -0.05) is 36.9 Å². The molecule has 1 saturated carbocycles. The van der Waals surface area contributed by atoms with Crippen molar-refractivity contribution in [2.75, 3.05) is 6.61 Å². The zero-order valence-corrected chi connectivity index (χ0v) is 28.1. The van der Waals surface area contributed by atoms with Gasteiger partial charge in [0.05, 0.1) is 23.3 Å². The quantitative estimate of drug-likeness (QED) is 0.0631. The summed E-state index contributed by atoms with van der Waals surface area (Å²) in [4.78, 5) is 29.8. The van der Waals surface area contributed by atoms with Crippen molar-refractivity contribution in [1.82, 2.24) is 34.6 Å². The van der Waals surface area contributed by atoms with Crippen LogP contribution in [0.5, 0.6) is 0 Å². The number of hydrogen-bond acceptors (Lipinski definition) is 8. The van der Waals surface area contributed by atoms with Gasteiger partial charge >= 0.3 is 6.09 Å². The largest absolute Gasteiger partial charge is 0.444 e. The molecule has 1 aliphatic carbocycles. The third-order valence-electron chi connectivity index (χ3n) is 7.72. The lowest BCUT2D eigenvalue weighted by Crippen LogP contribution is -2.49. The Labute approximate surface area is 268 Å². The van der Waals surface area contributed by atoms with Gasteiger partial charge in [-0.2, -0.15) is 0 Å². The first kappa shape index (κ1) is 33.0. The number of ether oxygens (including phenoxy) is 2. The number of fused-ring (bicyclic) bond motifs is 1. The molecule has 13 nitrogen and oxygen atoms in total. The predicted octanol–water partition coefficient (Wildman–Crippen LogP) is 7.11. The van der Waals surface area contributed by atoms with Gasteiger partial charge in [-0.25, -0.2) is 23.8 Å². The topological polar surface area (TPSA) is 158 Å².